The molecule has 0 bridgehead atoms. The number of benzene rings is 1. The number of rotatable bonds is 5. The molecule has 0 aliphatic rings. The maximum absolute atomic E-state index is 12.0. The van der Waals surface area contributed by atoms with E-state index in [4.69, 9.17) is 16.3 Å². The number of halogens is 1. The Labute approximate surface area is 152 Å². The Bertz CT molecular complexity index is 1010. The van der Waals surface area contributed by atoms with E-state index in [1.54, 1.807) is 18.2 Å². The molecule has 0 saturated carbocycles. The van der Waals surface area contributed by atoms with Crippen molar-refractivity contribution < 1.29 is 9.53 Å². The van der Waals surface area contributed by atoms with Gasteiger partial charge in [-0.2, -0.15) is 9.61 Å². The molecule has 6 nitrogen and oxygen atoms in total. The van der Waals surface area contributed by atoms with Gasteiger partial charge in [0.2, 0.25) is 4.96 Å². The maximum Gasteiger partial charge on any atom is 0.331 e. The predicted octanol–water partition coefficient (Wildman–Crippen LogP) is 3.12. The molecular weight excluding hydrogens is 362 g/mol. The number of carbonyl (C=O) groups is 1. The van der Waals surface area contributed by atoms with Crippen LogP contribution in [0.15, 0.2) is 41.2 Å². The quantitative estimate of drug-likeness (QED) is 0.506. The lowest BCUT2D eigenvalue weighted by atomic mass is 10.2. The molecule has 0 N–H and O–H groups in total. The highest BCUT2D eigenvalue weighted by atomic mass is 35.5. The standard InChI is InChI=1S/C17H14ClN3O3S/c1-2-14-20-21-15(22)9-12(19-17(21)25-14)10-24-16(23)8-7-11-5-3-4-6-13(11)18/h3-9H,2,10H2,1H3/b8-7+. The molecule has 25 heavy (non-hydrogen) atoms. The number of aromatic nitrogens is 3. The zero-order valence-corrected chi connectivity index (χ0v) is 14.9. The number of carbonyl (C=O) groups excluding carboxylic acids is 1. The summed E-state index contributed by atoms with van der Waals surface area (Å²) >= 11 is 7.35. The summed E-state index contributed by atoms with van der Waals surface area (Å²) < 4.78 is 6.39. The van der Waals surface area contributed by atoms with E-state index in [1.807, 2.05) is 19.1 Å². The van der Waals surface area contributed by atoms with Gasteiger partial charge in [-0.3, -0.25) is 4.79 Å². The molecule has 0 unspecified atom stereocenters. The van der Waals surface area contributed by atoms with Crippen LogP contribution in [0.5, 0.6) is 0 Å². The number of aryl methyl sites for hydroxylation is 1. The number of ether oxygens (including phenoxy) is 1. The van der Waals surface area contributed by atoms with Gasteiger partial charge in [-0.15, -0.1) is 0 Å². The molecule has 1 aromatic carbocycles. The molecule has 0 amide bonds. The Morgan fingerprint density at radius 3 is 2.96 bits per heavy atom. The maximum atomic E-state index is 12.0. The molecule has 8 heteroatoms. The zero-order chi connectivity index (χ0) is 17.8. The van der Waals surface area contributed by atoms with Crippen LogP contribution in [0.2, 0.25) is 5.02 Å². The minimum absolute atomic E-state index is 0.0865. The van der Waals surface area contributed by atoms with Crippen molar-refractivity contribution >= 4 is 39.9 Å². The van der Waals surface area contributed by atoms with E-state index in [1.165, 1.54) is 28.0 Å². The first-order valence-electron chi connectivity index (χ1n) is 7.55. The average molecular weight is 376 g/mol. The van der Waals surface area contributed by atoms with E-state index < -0.39 is 5.97 Å². The highest BCUT2D eigenvalue weighted by Crippen LogP contribution is 2.16. The molecule has 3 aromatic rings. The van der Waals surface area contributed by atoms with Crippen LogP contribution in [0, 0.1) is 0 Å². The van der Waals surface area contributed by atoms with E-state index in [-0.39, 0.29) is 12.2 Å². The van der Waals surface area contributed by atoms with Crippen molar-refractivity contribution in [2.24, 2.45) is 0 Å². The Morgan fingerprint density at radius 2 is 2.20 bits per heavy atom. The molecule has 0 aliphatic heterocycles. The van der Waals surface area contributed by atoms with Gasteiger partial charge >= 0.3 is 5.97 Å². The van der Waals surface area contributed by atoms with Crippen LogP contribution in [0.4, 0.5) is 0 Å². The highest BCUT2D eigenvalue weighted by molar-refractivity contribution is 7.16. The second-order valence-electron chi connectivity index (χ2n) is 5.09. The molecule has 0 radical (unpaired) electrons. The summed E-state index contributed by atoms with van der Waals surface area (Å²) in [5, 5.41) is 5.53. The van der Waals surface area contributed by atoms with Gasteiger partial charge in [0.05, 0.1) is 5.69 Å². The number of fused-ring (bicyclic) bond motifs is 1. The molecular formula is C17H14ClN3O3S. The summed E-state index contributed by atoms with van der Waals surface area (Å²) in [6, 6.07) is 8.47. The number of esters is 1. The molecule has 0 saturated heterocycles. The van der Waals surface area contributed by atoms with E-state index in [0.29, 0.717) is 15.7 Å². The lowest BCUT2D eigenvalue weighted by molar-refractivity contribution is -0.139. The first-order chi connectivity index (χ1) is 12.1. The third-order valence-corrected chi connectivity index (χ3v) is 4.71. The summed E-state index contributed by atoms with van der Waals surface area (Å²) in [6.45, 7) is 1.87. The smallest absolute Gasteiger partial charge is 0.331 e. The second kappa shape index (κ2) is 7.58. The predicted molar refractivity (Wildman–Crippen MR) is 96.8 cm³/mol. The minimum Gasteiger partial charge on any atom is -0.456 e. The Balaban J connectivity index is 1.69. The van der Waals surface area contributed by atoms with Crippen molar-refractivity contribution in [3.8, 4) is 0 Å². The van der Waals surface area contributed by atoms with E-state index in [9.17, 15) is 9.59 Å². The van der Waals surface area contributed by atoms with Crippen LogP contribution in [0.1, 0.15) is 23.2 Å². The van der Waals surface area contributed by atoms with Gasteiger partial charge in [-0.1, -0.05) is 48.1 Å². The Morgan fingerprint density at radius 1 is 1.40 bits per heavy atom. The Kier molecular flexibility index (Phi) is 5.25. The second-order valence-corrected chi connectivity index (χ2v) is 6.54. The van der Waals surface area contributed by atoms with Crippen molar-refractivity contribution in [2.45, 2.75) is 20.0 Å². The van der Waals surface area contributed by atoms with Crippen LogP contribution in [0.3, 0.4) is 0 Å². The summed E-state index contributed by atoms with van der Waals surface area (Å²) in [7, 11) is 0. The summed E-state index contributed by atoms with van der Waals surface area (Å²) in [6.07, 6.45) is 3.59. The molecule has 2 aromatic heterocycles. The van der Waals surface area contributed by atoms with Crippen molar-refractivity contribution in [3.05, 3.63) is 68.0 Å². The van der Waals surface area contributed by atoms with Crippen molar-refractivity contribution in [1.82, 2.24) is 14.6 Å². The topological polar surface area (TPSA) is 73.6 Å². The van der Waals surface area contributed by atoms with Crippen LogP contribution in [-0.4, -0.2) is 20.6 Å². The van der Waals surface area contributed by atoms with Gasteiger partial charge in [0.1, 0.15) is 11.6 Å². The van der Waals surface area contributed by atoms with Gasteiger partial charge in [0.25, 0.3) is 5.56 Å². The molecule has 3 rings (SSSR count). The first-order valence-corrected chi connectivity index (χ1v) is 8.74. The first kappa shape index (κ1) is 17.3. The van der Waals surface area contributed by atoms with Gasteiger partial charge < -0.3 is 4.74 Å². The fourth-order valence-electron chi connectivity index (χ4n) is 2.07. The summed E-state index contributed by atoms with van der Waals surface area (Å²) in [5.74, 6) is -0.541. The third kappa shape index (κ3) is 4.12. The van der Waals surface area contributed by atoms with Gasteiger partial charge in [-0.25, -0.2) is 9.78 Å². The van der Waals surface area contributed by atoms with E-state index in [2.05, 4.69) is 10.1 Å². The largest absolute Gasteiger partial charge is 0.456 e. The third-order valence-electron chi connectivity index (χ3n) is 3.31. The molecule has 0 atom stereocenters. The fraction of sp³-hybridized carbons (Fsp3) is 0.176. The number of nitrogens with zero attached hydrogens (tertiary/aromatic N) is 3. The van der Waals surface area contributed by atoms with Crippen molar-refractivity contribution in [1.29, 1.82) is 0 Å². The summed E-state index contributed by atoms with van der Waals surface area (Å²) in [4.78, 5) is 28.6. The number of hydrogen-bond donors (Lipinski definition) is 0. The lowest BCUT2D eigenvalue weighted by Gasteiger charge is -2.01. The zero-order valence-electron chi connectivity index (χ0n) is 13.3. The minimum atomic E-state index is -0.541. The Hall–Kier alpha value is -2.51. The average Bonchev–Trinajstić information content (AvgIpc) is 3.03. The van der Waals surface area contributed by atoms with Crippen LogP contribution in [-0.2, 0) is 22.6 Å². The molecule has 0 spiro atoms. The molecule has 128 valence electrons. The van der Waals surface area contributed by atoms with Crippen molar-refractivity contribution in [2.75, 3.05) is 0 Å². The SMILES string of the molecule is CCc1nn2c(=O)cc(COC(=O)/C=C/c3ccccc3Cl)nc2s1. The molecule has 0 fully saturated rings. The monoisotopic (exact) mass is 375 g/mol. The number of hydrogen-bond acceptors (Lipinski definition) is 6. The van der Waals surface area contributed by atoms with Crippen LogP contribution >= 0.6 is 22.9 Å². The highest BCUT2D eigenvalue weighted by Gasteiger charge is 2.09. The lowest BCUT2D eigenvalue weighted by Crippen LogP contribution is -2.16. The van der Waals surface area contributed by atoms with Crippen molar-refractivity contribution in [3.63, 3.8) is 0 Å². The molecule has 2 heterocycles. The van der Waals surface area contributed by atoms with Crippen LogP contribution in [0.25, 0.3) is 11.0 Å². The fourth-order valence-corrected chi connectivity index (χ4v) is 3.13. The summed E-state index contributed by atoms with van der Waals surface area (Å²) in [5.41, 5.74) is 0.810. The van der Waals surface area contributed by atoms with Gasteiger partial charge in [0, 0.05) is 17.2 Å². The van der Waals surface area contributed by atoms with Gasteiger partial charge in [-0.05, 0) is 24.1 Å². The van der Waals surface area contributed by atoms with E-state index in [0.717, 1.165) is 17.0 Å². The van der Waals surface area contributed by atoms with Gasteiger partial charge in [0.15, 0.2) is 0 Å². The van der Waals surface area contributed by atoms with Crippen LogP contribution < -0.4 is 5.56 Å². The molecule has 0 aliphatic carbocycles. The van der Waals surface area contributed by atoms with E-state index >= 15 is 0 Å². The normalized spacial score (nSPS) is 11.3.